The minimum Gasteiger partial charge on any atom is -0.487 e. The lowest BCUT2D eigenvalue weighted by Gasteiger charge is -2.26. The van der Waals surface area contributed by atoms with E-state index in [2.05, 4.69) is 80.1 Å². The highest BCUT2D eigenvalue weighted by Crippen LogP contribution is 2.31. The molecule has 1 fully saturated rings. The first-order valence-electron chi connectivity index (χ1n) is 7.32. The molecule has 2 N–H and O–H groups in total. The number of halogens is 2. The number of amides is 1. The molecule has 0 bridgehead atoms. The van der Waals surface area contributed by atoms with Crippen molar-refractivity contribution >= 4 is 51.1 Å². The first-order chi connectivity index (χ1) is 11.1. The zero-order valence-electron chi connectivity index (χ0n) is 12.3. The van der Waals surface area contributed by atoms with Gasteiger partial charge in [-0.25, -0.2) is 0 Å². The van der Waals surface area contributed by atoms with E-state index in [1.807, 2.05) is 18.2 Å². The average Bonchev–Trinajstić information content (AvgIpc) is 2.55. The van der Waals surface area contributed by atoms with Gasteiger partial charge in [0.05, 0.1) is 7.14 Å². The minimum atomic E-state index is -0.124. The molecule has 3 rings (SSSR count). The first-order valence-corrected chi connectivity index (χ1v) is 9.47. The highest BCUT2D eigenvalue weighted by Gasteiger charge is 2.21. The van der Waals surface area contributed by atoms with E-state index in [1.165, 1.54) is 0 Å². The molecule has 120 valence electrons. The molecule has 0 aliphatic carbocycles. The van der Waals surface area contributed by atoms with Crippen molar-refractivity contribution in [3.63, 3.8) is 0 Å². The van der Waals surface area contributed by atoms with Gasteiger partial charge in [-0.05, 0) is 68.4 Å². The lowest BCUT2D eigenvalue weighted by molar-refractivity contribution is -0.123. The number of nitrogens with one attached hydrogen (secondary N) is 2. The fraction of sp³-hybridized carbons (Fsp3) is 0.235. The van der Waals surface area contributed by atoms with Gasteiger partial charge in [0.1, 0.15) is 18.5 Å². The van der Waals surface area contributed by atoms with Crippen LogP contribution in [0.5, 0.6) is 5.75 Å². The quantitative estimate of drug-likeness (QED) is 0.591. The number of hydrogen-bond donors (Lipinski definition) is 2. The van der Waals surface area contributed by atoms with Gasteiger partial charge in [-0.15, -0.1) is 0 Å². The highest BCUT2D eigenvalue weighted by atomic mass is 127. The van der Waals surface area contributed by atoms with Gasteiger partial charge in [0.15, 0.2) is 0 Å². The van der Waals surface area contributed by atoms with E-state index in [1.54, 1.807) is 0 Å². The maximum Gasteiger partial charge on any atom is 0.222 e. The Labute approximate surface area is 162 Å². The van der Waals surface area contributed by atoms with Crippen LogP contribution in [0, 0.1) is 7.14 Å². The number of carbonyl (C=O) groups is 1. The summed E-state index contributed by atoms with van der Waals surface area (Å²) in [6.45, 7) is 1.25. The molecule has 0 spiro atoms. The van der Waals surface area contributed by atoms with Crippen molar-refractivity contribution in [1.29, 1.82) is 0 Å². The average molecular weight is 534 g/mol. The molecule has 1 atom stereocenters. The number of carbonyl (C=O) groups excluding carboxylic acids is 1. The summed E-state index contributed by atoms with van der Waals surface area (Å²) in [5.41, 5.74) is 2.20. The Morgan fingerprint density at radius 2 is 1.83 bits per heavy atom. The molecule has 0 unspecified atom stereocenters. The molecule has 0 radical (unpaired) electrons. The second kappa shape index (κ2) is 7.80. The van der Waals surface area contributed by atoms with Crippen LogP contribution in [0.25, 0.3) is 0 Å². The van der Waals surface area contributed by atoms with E-state index < -0.39 is 0 Å². The van der Waals surface area contributed by atoms with Crippen LogP contribution in [-0.2, 0) is 11.4 Å². The summed E-state index contributed by atoms with van der Waals surface area (Å²) in [5.74, 6) is 0.976. The number of ether oxygens (including phenoxy) is 1. The van der Waals surface area contributed by atoms with Crippen LogP contribution < -0.4 is 15.4 Å². The van der Waals surface area contributed by atoms with E-state index in [9.17, 15) is 4.79 Å². The smallest absolute Gasteiger partial charge is 0.222 e. The molecule has 1 aliphatic heterocycles. The van der Waals surface area contributed by atoms with Gasteiger partial charge in [0.2, 0.25) is 5.91 Å². The Morgan fingerprint density at radius 3 is 2.48 bits per heavy atom. The van der Waals surface area contributed by atoms with Crippen molar-refractivity contribution in [2.24, 2.45) is 0 Å². The number of hydrogen-bond acceptors (Lipinski definition) is 3. The summed E-state index contributed by atoms with van der Waals surface area (Å²) in [4.78, 5) is 11.6. The third-order valence-corrected chi connectivity index (χ3v) is 5.19. The molecular weight excluding hydrogens is 518 g/mol. The molecule has 0 saturated carbocycles. The summed E-state index contributed by atoms with van der Waals surface area (Å²) in [5, 5.41) is 6.28. The SMILES string of the molecule is O=C1CCN[C@H](c2cc(I)c(OCc3ccccc3)c(I)c2)N1. The van der Waals surface area contributed by atoms with Crippen LogP contribution >= 0.6 is 45.2 Å². The summed E-state index contributed by atoms with van der Waals surface area (Å²) in [6, 6.07) is 14.2. The molecule has 2 aromatic rings. The maximum atomic E-state index is 11.6. The molecule has 4 nitrogen and oxygen atoms in total. The Morgan fingerprint density at radius 1 is 1.13 bits per heavy atom. The number of benzene rings is 2. The van der Waals surface area contributed by atoms with Crippen molar-refractivity contribution in [3.05, 3.63) is 60.7 Å². The second-order valence-corrected chi connectivity index (χ2v) is 7.62. The van der Waals surface area contributed by atoms with Gasteiger partial charge < -0.3 is 10.1 Å². The van der Waals surface area contributed by atoms with Crippen LogP contribution in [0.3, 0.4) is 0 Å². The Hall–Kier alpha value is -0.870. The predicted octanol–water partition coefficient (Wildman–Crippen LogP) is 3.58. The standard InChI is InChI=1S/C17H16I2N2O2/c18-13-8-12(17-20-7-6-15(22)21-17)9-14(19)16(13)23-10-11-4-2-1-3-5-11/h1-5,8-9,17,20H,6-7,10H2,(H,21,22)/t17-/m0/s1. The Balaban J connectivity index is 1.76. The van der Waals surface area contributed by atoms with Crippen molar-refractivity contribution in [3.8, 4) is 5.75 Å². The largest absolute Gasteiger partial charge is 0.487 e. The molecule has 6 heteroatoms. The van der Waals surface area contributed by atoms with E-state index in [0.29, 0.717) is 19.6 Å². The van der Waals surface area contributed by atoms with Crippen LogP contribution in [0.15, 0.2) is 42.5 Å². The molecule has 1 aliphatic rings. The van der Waals surface area contributed by atoms with Gasteiger partial charge in [-0.3, -0.25) is 10.1 Å². The van der Waals surface area contributed by atoms with Crippen molar-refractivity contribution in [2.45, 2.75) is 19.2 Å². The zero-order chi connectivity index (χ0) is 16.2. The molecule has 0 aromatic heterocycles. The third kappa shape index (κ3) is 4.36. The summed E-state index contributed by atoms with van der Waals surface area (Å²) in [6.07, 6.45) is 0.407. The Kier molecular flexibility index (Phi) is 5.76. The minimum absolute atomic E-state index is 0.0863. The number of rotatable bonds is 4. The summed E-state index contributed by atoms with van der Waals surface area (Å²) < 4.78 is 8.08. The first kappa shape index (κ1) is 17.0. The van der Waals surface area contributed by atoms with E-state index in [4.69, 9.17) is 4.74 Å². The van der Waals surface area contributed by atoms with Gasteiger partial charge in [0, 0.05) is 13.0 Å². The van der Waals surface area contributed by atoms with E-state index >= 15 is 0 Å². The molecule has 23 heavy (non-hydrogen) atoms. The third-order valence-electron chi connectivity index (χ3n) is 3.59. The van der Waals surface area contributed by atoms with Crippen LogP contribution in [0.2, 0.25) is 0 Å². The fourth-order valence-electron chi connectivity index (χ4n) is 2.43. The van der Waals surface area contributed by atoms with Crippen molar-refractivity contribution < 1.29 is 9.53 Å². The molecule has 2 aromatic carbocycles. The predicted molar refractivity (Wildman–Crippen MR) is 106 cm³/mol. The van der Waals surface area contributed by atoms with E-state index in [0.717, 1.165) is 24.0 Å². The monoisotopic (exact) mass is 534 g/mol. The molecular formula is C17H16I2N2O2. The van der Waals surface area contributed by atoms with Gasteiger partial charge >= 0.3 is 0 Å². The van der Waals surface area contributed by atoms with Crippen LogP contribution in [-0.4, -0.2) is 12.5 Å². The van der Waals surface area contributed by atoms with Crippen molar-refractivity contribution in [1.82, 2.24) is 10.6 Å². The highest BCUT2D eigenvalue weighted by molar-refractivity contribution is 14.1. The van der Waals surface area contributed by atoms with Crippen LogP contribution in [0.1, 0.15) is 23.7 Å². The molecule has 1 heterocycles. The van der Waals surface area contributed by atoms with E-state index in [-0.39, 0.29) is 12.1 Å². The summed E-state index contributed by atoms with van der Waals surface area (Å²) in [7, 11) is 0. The van der Waals surface area contributed by atoms with Crippen LogP contribution in [0.4, 0.5) is 0 Å². The van der Waals surface area contributed by atoms with Gasteiger partial charge in [0.25, 0.3) is 0 Å². The lowest BCUT2D eigenvalue weighted by Crippen LogP contribution is -2.44. The summed E-state index contributed by atoms with van der Waals surface area (Å²) >= 11 is 4.57. The Bertz CT molecular complexity index is 684. The fourth-order valence-corrected chi connectivity index (χ4v) is 4.56. The molecule has 1 amide bonds. The van der Waals surface area contributed by atoms with Gasteiger partial charge in [-0.2, -0.15) is 0 Å². The normalized spacial score (nSPS) is 17.7. The zero-order valence-corrected chi connectivity index (χ0v) is 16.6. The molecule has 1 saturated heterocycles. The lowest BCUT2D eigenvalue weighted by atomic mass is 10.1. The van der Waals surface area contributed by atoms with Gasteiger partial charge in [-0.1, -0.05) is 30.3 Å². The topological polar surface area (TPSA) is 50.4 Å². The second-order valence-electron chi connectivity index (χ2n) is 5.29. The van der Waals surface area contributed by atoms with Crippen molar-refractivity contribution in [2.75, 3.05) is 6.54 Å². The maximum absolute atomic E-state index is 11.6.